The molecule has 1 N–H and O–H groups in total. The zero-order valence-corrected chi connectivity index (χ0v) is 12.2. The Morgan fingerprint density at radius 1 is 1.65 bits per heavy atom. The van der Waals surface area contributed by atoms with Gasteiger partial charge in [-0.05, 0) is 34.5 Å². The number of aryl methyl sites for hydroxylation is 1. The number of nitrogens with zero attached hydrogens (tertiary/aromatic N) is 2. The summed E-state index contributed by atoms with van der Waals surface area (Å²) < 4.78 is 0.948. The van der Waals surface area contributed by atoms with Crippen LogP contribution in [0.15, 0.2) is 16.7 Å². The van der Waals surface area contributed by atoms with Gasteiger partial charge >= 0.3 is 0 Å². The maximum Gasteiger partial charge on any atom is 0.224 e. The summed E-state index contributed by atoms with van der Waals surface area (Å²) >= 11 is 3.49. The predicted octanol–water partition coefficient (Wildman–Crippen LogP) is 1.97. The van der Waals surface area contributed by atoms with Crippen molar-refractivity contribution in [3.63, 3.8) is 0 Å². The number of carbonyl (C=O) groups excluding carboxylic acids is 1. The Labute approximate surface area is 111 Å². The molecule has 0 aromatic carbocycles. The van der Waals surface area contributed by atoms with Gasteiger partial charge in [-0.3, -0.25) is 4.79 Å². The molecule has 1 amide bonds. The summed E-state index contributed by atoms with van der Waals surface area (Å²) in [6.07, 6.45) is 1.82. The van der Waals surface area contributed by atoms with Crippen LogP contribution in [-0.2, 0) is 4.79 Å². The molecule has 0 radical (unpaired) electrons. The first kappa shape index (κ1) is 14.0. The van der Waals surface area contributed by atoms with Gasteiger partial charge in [0.15, 0.2) is 0 Å². The van der Waals surface area contributed by atoms with Crippen LogP contribution < -0.4 is 10.2 Å². The van der Waals surface area contributed by atoms with Gasteiger partial charge in [-0.15, -0.1) is 0 Å². The molecule has 1 rings (SSSR count). The molecule has 17 heavy (non-hydrogen) atoms. The molecular weight excluding hydrogens is 282 g/mol. The molecule has 0 bridgehead atoms. The maximum atomic E-state index is 11.4. The van der Waals surface area contributed by atoms with Gasteiger partial charge in [-0.25, -0.2) is 4.98 Å². The topological polar surface area (TPSA) is 45.2 Å². The van der Waals surface area contributed by atoms with E-state index in [0.29, 0.717) is 6.54 Å². The average molecular weight is 300 g/mol. The molecule has 0 saturated heterocycles. The van der Waals surface area contributed by atoms with E-state index in [1.54, 1.807) is 7.05 Å². The Morgan fingerprint density at radius 3 is 2.82 bits per heavy atom. The third kappa shape index (κ3) is 3.70. The predicted molar refractivity (Wildman–Crippen MR) is 73.2 cm³/mol. The van der Waals surface area contributed by atoms with Gasteiger partial charge in [-0.1, -0.05) is 6.92 Å². The summed E-state index contributed by atoms with van der Waals surface area (Å²) in [5.41, 5.74) is 1.10. The second-order valence-corrected chi connectivity index (χ2v) is 5.07. The van der Waals surface area contributed by atoms with Crippen LogP contribution in [0.4, 0.5) is 5.82 Å². The zero-order valence-electron chi connectivity index (χ0n) is 10.6. The van der Waals surface area contributed by atoms with Crippen molar-refractivity contribution in [2.45, 2.75) is 13.8 Å². The van der Waals surface area contributed by atoms with Crippen LogP contribution in [0.25, 0.3) is 0 Å². The number of anilines is 1. The van der Waals surface area contributed by atoms with E-state index in [-0.39, 0.29) is 11.8 Å². The standard InChI is InChI=1S/C12H18BrN3O/c1-8-5-10(13)11(15-6-8)16(4)7-9(2)12(17)14-3/h5-6,9H,7H2,1-4H3,(H,14,17). The van der Waals surface area contributed by atoms with Crippen LogP contribution in [0.1, 0.15) is 12.5 Å². The molecule has 0 saturated carbocycles. The first-order valence-electron chi connectivity index (χ1n) is 5.50. The SMILES string of the molecule is CNC(=O)C(C)CN(C)c1ncc(C)cc1Br. The lowest BCUT2D eigenvalue weighted by atomic mass is 10.1. The van der Waals surface area contributed by atoms with Crippen LogP contribution in [-0.4, -0.2) is 31.5 Å². The molecule has 1 heterocycles. The monoisotopic (exact) mass is 299 g/mol. The van der Waals surface area contributed by atoms with Crippen molar-refractivity contribution >= 4 is 27.7 Å². The lowest BCUT2D eigenvalue weighted by Gasteiger charge is -2.22. The first-order valence-corrected chi connectivity index (χ1v) is 6.30. The number of rotatable bonds is 4. The number of pyridine rings is 1. The van der Waals surface area contributed by atoms with E-state index in [1.165, 1.54) is 0 Å². The molecule has 0 aliphatic rings. The molecule has 94 valence electrons. The highest BCUT2D eigenvalue weighted by Gasteiger charge is 2.16. The first-order chi connectivity index (χ1) is 7.95. The molecule has 0 aliphatic carbocycles. The fraction of sp³-hybridized carbons (Fsp3) is 0.500. The van der Waals surface area contributed by atoms with Crippen molar-refractivity contribution in [1.82, 2.24) is 10.3 Å². The Balaban J connectivity index is 2.76. The van der Waals surface area contributed by atoms with Crippen molar-refractivity contribution in [3.05, 3.63) is 22.3 Å². The summed E-state index contributed by atoms with van der Waals surface area (Å²) in [5.74, 6) is 0.825. The minimum Gasteiger partial charge on any atom is -0.359 e. The number of halogens is 1. The van der Waals surface area contributed by atoms with Gasteiger partial charge in [0, 0.05) is 26.8 Å². The number of aromatic nitrogens is 1. The van der Waals surface area contributed by atoms with Gasteiger partial charge in [0.1, 0.15) is 5.82 Å². The van der Waals surface area contributed by atoms with Gasteiger partial charge in [0.2, 0.25) is 5.91 Å². The van der Waals surface area contributed by atoms with Gasteiger partial charge < -0.3 is 10.2 Å². The number of carbonyl (C=O) groups is 1. The summed E-state index contributed by atoms with van der Waals surface area (Å²) in [7, 11) is 3.58. The molecule has 1 aromatic rings. The quantitative estimate of drug-likeness (QED) is 0.924. The van der Waals surface area contributed by atoms with Crippen LogP contribution in [0.2, 0.25) is 0 Å². The van der Waals surface area contributed by atoms with E-state index >= 15 is 0 Å². The Bertz CT molecular complexity index is 409. The normalized spacial score (nSPS) is 12.1. The van der Waals surface area contributed by atoms with E-state index in [2.05, 4.69) is 26.2 Å². The van der Waals surface area contributed by atoms with E-state index in [9.17, 15) is 4.79 Å². The fourth-order valence-electron chi connectivity index (χ4n) is 1.63. The molecule has 5 heteroatoms. The largest absolute Gasteiger partial charge is 0.359 e. The van der Waals surface area contributed by atoms with Gasteiger partial charge in [0.25, 0.3) is 0 Å². The van der Waals surface area contributed by atoms with E-state index in [1.807, 2.05) is 38.1 Å². The molecule has 1 atom stereocenters. The van der Waals surface area contributed by atoms with Crippen LogP contribution >= 0.6 is 15.9 Å². The van der Waals surface area contributed by atoms with Gasteiger partial charge in [0.05, 0.1) is 10.4 Å². The number of nitrogens with one attached hydrogen (secondary N) is 1. The number of amides is 1. The fourth-order valence-corrected chi connectivity index (χ4v) is 2.40. The highest BCUT2D eigenvalue weighted by molar-refractivity contribution is 9.10. The van der Waals surface area contributed by atoms with Gasteiger partial charge in [-0.2, -0.15) is 0 Å². The van der Waals surface area contributed by atoms with E-state index in [4.69, 9.17) is 0 Å². The van der Waals surface area contributed by atoms with Crippen LogP contribution in [0.3, 0.4) is 0 Å². The van der Waals surface area contributed by atoms with Crippen molar-refractivity contribution in [3.8, 4) is 0 Å². The Hall–Kier alpha value is -1.10. The lowest BCUT2D eigenvalue weighted by Crippen LogP contribution is -2.34. The molecule has 0 fully saturated rings. The van der Waals surface area contributed by atoms with Crippen molar-refractivity contribution in [2.24, 2.45) is 5.92 Å². The average Bonchev–Trinajstić information content (AvgIpc) is 2.27. The van der Waals surface area contributed by atoms with E-state index < -0.39 is 0 Å². The Kier molecular flexibility index (Phi) is 4.93. The number of hydrogen-bond acceptors (Lipinski definition) is 3. The third-order valence-electron chi connectivity index (χ3n) is 2.56. The van der Waals surface area contributed by atoms with Crippen molar-refractivity contribution in [1.29, 1.82) is 0 Å². The molecule has 1 aromatic heterocycles. The molecular formula is C12H18BrN3O. The minimum atomic E-state index is -0.0694. The van der Waals surface area contributed by atoms with Crippen molar-refractivity contribution < 1.29 is 4.79 Å². The molecule has 0 spiro atoms. The summed E-state index contributed by atoms with van der Waals surface area (Å²) in [6, 6.07) is 2.02. The van der Waals surface area contributed by atoms with Crippen LogP contribution in [0.5, 0.6) is 0 Å². The van der Waals surface area contributed by atoms with Crippen molar-refractivity contribution in [2.75, 3.05) is 25.5 Å². The minimum absolute atomic E-state index is 0.0417. The zero-order chi connectivity index (χ0) is 13.0. The second-order valence-electron chi connectivity index (χ2n) is 4.21. The summed E-state index contributed by atoms with van der Waals surface area (Å²) in [5, 5.41) is 2.65. The summed E-state index contributed by atoms with van der Waals surface area (Å²) in [6.45, 7) is 4.53. The van der Waals surface area contributed by atoms with Crippen LogP contribution in [0, 0.1) is 12.8 Å². The highest BCUT2D eigenvalue weighted by Crippen LogP contribution is 2.24. The molecule has 1 unspecified atom stereocenters. The molecule has 4 nitrogen and oxygen atoms in total. The molecule has 0 aliphatic heterocycles. The lowest BCUT2D eigenvalue weighted by molar-refractivity contribution is -0.123. The van der Waals surface area contributed by atoms with E-state index in [0.717, 1.165) is 15.9 Å². The maximum absolute atomic E-state index is 11.4. The second kappa shape index (κ2) is 6.00. The number of hydrogen-bond donors (Lipinski definition) is 1. The highest BCUT2D eigenvalue weighted by atomic mass is 79.9. The summed E-state index contributed by atoms with van der Waals surface area (Å²) in [4.78, 5) is 17.8. The third-order valence-corrected chi connectivity index (χ3v) is 3.15. The Morgan fingerprint density at radius 2 is 2.29 bits per heavy atom. The smallest absolute Gasteiger partial charge is 0.224 e.